The largest absolute Gasteiger partial charge is 0.378 e. The van der Waals surface area contributed by atoms with Crippen molar-refractivity contribution in [3.8, 4) is 0 Å². The van der Waals surface area contributed by atoms with E-state index in [0.717, 1.165) is 0 Å². The Kier molecular flexibility index (Phi) is 2.11. The molecule has 0 saturated carbocycles. The second-order valence-electron chi connectivity index (χ2n) is 2.68. The molecule has 1 saturated heterocycles. The Morgan fingerprint density at radius 3 is 2.55 bits per heavy atom. The number of alkyl halides is 3. The number of ether oxygens (including phenoxy) is 1. The van der Waals surface area contributed by atoms with Gasteiger partial charge in [-0.3, -0.25) is 0 Å². The average molecular weight is 169 g/mol. The summed E-state index contributed by atoms with van der Waals surface area (Å²) in [7, 11) is 0. The third kappa shape index (κ3) is 1.35. The zero-order valence-corrected chi connectivity index (χ0v) is 5.95. The highest BCUT2D eigenvalue weighted by Gasteiger charge is 2.55. The van der Waals surface area contributed by atoms with Crippen molar-refractivity contribution < 1.29 is 17.9 Å². The molecule has 0 aliphatic carbocycles. The van der Waals surface area contributed by atoms with E-state index in [1.54, 1.807) is 0 Å². The predicted molar refractivity (Wildman–Crippen MR) is 33.3 cm³/mol. The fourth-order valence-corrected chi connectivity index (χ4v) is 1.01. The topological polar surface area (TPSA) is 35.2 Å². The number of hydrogen-bond donors (Lipinski definition) is 1. The van der Waals surface area contributed by atoms with E-state index >= 15 is 0 Å². The molecule has 1 unspecified atom stereocenters. The number of halogens is 3. The summed E-state index contributed by atoms with van der Waals surface area (Å²) in [4.78, 5) is 0. The summed E-state index contributed by atoms with van der Waals surface area (Å²) in [6.07, 6.45) is -0.267. The smallest absolute Gasteiger partial charge is 0.295 e. The van der Waals surface area contributed by atoms with Crippen molar-refractivity contribution in [1.82, 2.24) is 0 Å². The van der Waals surface area contributed by atoms with Crippen LogP contribution in [0.15, 0.2) is 0 Å². The monoisotopic (exact) mass is 169 g/mol. The van der Waals surface area contributed by atoms with Crippen LogP contribution in [-0.4, -0.2) is 31.3 Å². The van der Waals surface area contributed by atoms with Gasteiger partial charge >= 0.3 is 0 Å². The minimum atomic E-state index is -3.45. The van der Waals surface area contributed by atoms with Crippen LogP contribution in [0.3, 0.4) is 0 Å². The van der Waals surface area contributed by atoms with Gasteiger partial charge in [0.25, 0.3) is 5.92 Å². The van der Waals surface area contributed by atoms with E-state index in [4.69, 9.17) is 5.73 Å². The molecule has 0 bridgehead atoms. The third-order valence-corrected chi connectivity index (χ3v) is 1.89. The lowest BCUT2D eigenvalue weighted by Crippen LogP contribution is -2.49. The van der Waals surface area contributed by atoms with Gasteiger partial charge in [-0.15, -0.1) is 0 Å². The highest BCUT2D eigenvalue weighted by molar-refractivity contribution is 4.97. The summed E-state index contributed by atoms with van der Waals surface area (Å²) in [6.45, 7) is -1.46. The molecule has 1 atom stereocenters. The SMILES string of the molecule is NCC(F)(F)C1(F)CCOC1. The van der Waals surface area contributed by atoms with Crippen LogP contribution in [0.4, 0.5) is 13.2 Å². The summed E-state index contributed by atoms with van der Waals surface area (Å²) in [5.74, 6) is -3.45. The fraction of sp³-hybridized carbons (Fsp3) is 1.00. The molecule has 5 heteroatoms. The van der Waals surface area contributed by atoms with Crippen molar-refractivity contribution in [2.75, 3.05) is 19.8 Å². The van der Waals surface area contributed by atoms with Crippen molar-refractivity contribution >= 4 is 0 Å². The van der Waals surface area contributed by atoms with Crippen molar-refractivity contribution in [1.29, 1.82) is 0 Å². The predicted octanol–water partition coefficient (Wildman–Crippen LogP) is 0.709. The summed E-state index contributed by atoms with van der Waals surface area (Å²) >= 11 is 0. The molecule has 66 valence electrons. The Morgan fingerprint density at radius 1 is 1.55 bits per heavy atom. The molecule has 0 radical (unpaired) electrons. The van der Waals surface area contributed by atoms with Gasteiger partial charge in [0.2, 0.25) is 0 Å². The Hall–Kier alpha value is -0.290. The van der Waals surface area contributed by atoms with Gasteiger partial charge in [-0.1, -0.05) is 0 Å². The van der Waals surface area contributed by atoms with Gasteiger partial charge in [0, 0.05) is 6.42 Å². The molecule has 1 heterocycles. The molecule has 2 nitrogen and oxygen atoms in total. The van der Waals surface area contributed by atoms with E-state index in [0.29, 0.717) is 0 Å². The number of nitrogens with two attached hydrogens (primary N) is 1. The maximum atomic E-state index is 13.1. The van der Waals surface area contributed by atoms with E-state index in [1.165, 1.54) is 0 Å². The molecule has 1 aliphatic rings. The van der Waals surface area contributed by atoms with Gasteiger partial charge in [0.1, 0.15) is 0 Å². The zero-order chi connectivity index (χ0) is 8.54. The Balaban J connectivity index is 2.69. The van der Waals surface area contributed by atoms with Crippen molar-refractivity contribution in [2.45, 2.75) is 18.0 Å². The minimum absolute atomic E-state index is 0.0477. The highest BCUT2D eigenvalue weighted by Crippen LogP contribution is 2.38. The van der Waals surface area contributed by atoms with Crippen molar-refractivity contribution in [2.24, 2.45) is 5.73 Å². The molecule has 0 aromatic rings. The summed E-state index contributed by atoms with van der Waals surface area (Å²) < 4.78 is 43.0. The lowest BCUT2D eigenvalue weighted by atomic mass is 9.97. The molecular formula is C6H10F3NO. The minimum Gasteiger partial charge on any atom is -0.378 e. The molecule has 1 fully saturated rings. The van der Waals surface area contributed by atoms with Crippen LogP contribution in [0.1, 0.15) is 6.42 Å². The van der Waals surface area contributed by atoms with Crippen molar-refractivity contribution in [3.63, 3.8) is 0 Å². The molecule has 0 aromatic heterocycles. The summed E-state index contributed by atoms with van der Waals surface area (Å²) in [6, 6.07) is 0. The van der Waals surface area contributed by atoms with E-state index in [2.05, 4.69) is 4.74 Å². The van der Waals surface area contributed by atoms with Gasteiger partial charge in [-0.25, -0.2) is 13.2 Å². The Bertz CT molecular complexity index is 145. The van der Waals surface area contributed by atoms with Crippen LogP contribution >= 0.6 is 0 Å². The molecule has 0 aromatic carbocycles. The van der Waals surface area contributed by atoms with Crippen LogP contribution in [-0.2, 0) is 4.74 Å². The maximum Gasteiger partial charge on any atom is 0.295 e. The normalized spacial score (nSPS) is 32.7. The summed E-state index contributed by atoms with van der Waals surface area (Å²) in [5, 5.41) is 0. The van der Waals surface area contributed by atoms with Gasteiger partial charge in [-0.05, 0) is 0 Å². The van der Waals surface area contributed by atoms with Crippen LogP contribution in [0, 0.1) is 0 Å². The van der Waals surface area contributed by atoms with Gasteiger partial charge in [0.15, 0.2) is 5.67 Å². The lowest BCUT2D eigenvalue weighted by molar-refractivity contribution is -0.129. The standard InChI is InChI=1S/C6H10F3NO/c7-5(1-2-11-4-5)6(8,9)3-10/h1-4,10H2. The van der Waals surface area contributed by atoms with Crippen molar-refractivity contribution in [3.05, 3.63) is 0 Å². The first-order valence-electron chi connectivity index (χ1n) is 3.36. The first-order chi connectivity index (χ1) is 5.02. The van der Waals surface area contributed by atoms with E-state index in [9.17, 15) is 13.2 Å². The quantitative estimate of drug-likeness (QED) is 0.660. The number of hydrogen-bond acceptors (Lipinski definition) is 2. The molecular weight excluding hydrogens is 159 g/mol. The summed E-state index contributed by atoms with van der Waals surface area (Å²) in [5.41, 5.74) is 2.19. The van der Waals surface area contributed by atoms with Gasteiger partial charge < -0.3 is 10.5 Å². The third-order valence-electron chi connectivity index (χ3n) is 1.89. The van der Waals surface area contributed by atoms with Crippen LogP contribution < -0.4 is 5.73 Å². The van der Waals surface area contributed by atoms with Gasteiger partial charge in [-0.2, -0.15) is 0 Å². The highest BCUT2D eigenvalue weighted by atomic mass is 19.3. The Morgan fingerprint density at radius 2 is 2.18 bits per heavy atom. The van der Waals surface area contributed by atoms with E-state index in [1.807, 2.05) is 0 Å². The molecule has 11 heavy (non-hydrogen) atoms. The lowest BCUT2D eigenvalue weighted by Gasteiger charge is -2.26. The molecule has 1 rings (SSSR count). The first kappa shape index (κ1) is 8.80. The molecule has 1 aliphatic heterocycles. The second-order valence-corrected chi connectivity index (χ2v) is 2.68. The molecule has 2 N–H and O–H groups in total. The molecule has 0 amide bonds. The maximum absolute atomic E-state index is 13.1. The Labute approximate surface area is 62.5 Å². The van der Waals surface area contributed by atoms with Crippen LogP contribution in [0.2, 0.25) is 0 Å². The zero-order valence-electron chi connectivity index (χ0n) is 5.95. The van der Waals surface area contributed by atoms with Crippen LogP contribution in [0.5, 0.6) is 0 Å². The van der Waals surface area contributed by atoms with E-state index < -0.39 is 24.7 Å². The first-order valence-corrected chi connectivity index (χ1v) is 3.36. The van der Waals surface area contributed by atoms with E-state index in [-0.39, 0.29) is 13.0 Å². The number of rotatable bonds is 2. The van der Waals surface area contributed by atoms with Crippen LogP contribution in [0.25, 0.3) is 0 Å². The molecule has 0 spiro atoms. The second kappa shape index (κ2) is 2.64. The fourth-order valence-electron chi connectivity index (χ4n) is 1.01. The average Bonchev–Trinajstić information content (AvgIpc) is 2.38. The van der Waals surface area contributed by atoms with Gasteiger partial charge in [0.05, 0.1) is 19.8 Å².